The molecular weight excluding hydrogens is 216 g/mol. The Bertz CT molecular complexity index is 476. The lowest BCUT2D eigenvalue weighted by molar-refractivity contribution is 0.282. The van der Waals surface area contributed by atoms with Crippen molar-refractivity contribution >= 4 is 0 Å². The first-order valence-electron chi connectivity index (χ1n) is 5.52. The molecule has 0 saturated carbocycles. The first kappa shape index (κ1) is 11.8. The SMILES string of the molecule is CC(N)c1ncn(Cc2ccc(CO)cc2)n1. The van der Waals surface area contributed by atoms with Gasteiger partial charge in [0.1, 0.15) is 6.33 Å². The maximum atomic E-state index is 8.94. The van der Waals surface area contributed by atoms with E-state index in [0.29, 0.717) is 12.4 Å². The number of rotatable bonds is 4. The number of aliphatic hydroxyl groups excluding tert-OH is 1. The third-order valence-corrected chi connectivity index (χ3v) is 2.51. The van der Waals surface area contributed by atoms with Crippen LogP contribution in [-0.4, -0.2) is 19.9 Å². The van der Waals surface area contributed by atoms with Gasteiger partial charge in [0.2, 0.25) is 0 Å². The Morgan fingerprint density at radius 1 is 1.29 bits per heavy atom. The monoisotopic (exact) mass is 232 g/mol. The molecule has 0 aliphatic carbocycles. The Kier molecular flexibility index (Phi) is 3.51. The minimum atomic E-state index is -0.145. The Labute approximate surface area is 99.9 Å². The van der Waals surface area contributed by atoms with E-state index in [2.05, 4.69) is 10.1 Å². The predicted molar refractivity (Wildman–Crippen MR) is 64.1 cm³/mol. The van der Waals surface area contributed by atoms with E-state index >= 15 is 0 Å². The normalized spacial score (nSPS) is 12.6. The fourth-order valence-electron chi connectivity index (χ4n) is 1.53. The van der Waals surface area contributed by atoms with Gasteiger partial charge >= 0.3 is 0 Å². The van der Waals surface area contributed by atoms with Gasteiger partial charge in [-0.25, -0.2) is 9.67 Å². The first-order valence-corrected chi connectivity index (χ1v) is 5.52. The molecule has 0 aliphatic heterocycles. The summed E-state index contributed by atoms with van der Waals surface area (Å²) in [4.78, 5) is 4.13. The summed E-state index contributed by atoms with van der Waals surface area (Å²) in [5.41, 5.74) is 7.71. The van der Waals surface area contributed by atoms with E-state index in [1.54, 1.807) is 11.0 Å². The minimum Gasteiger partial charge on any atom is -0.392 e. The van der Waals surface area contributed by atoms with Gasteiger partial charge in [0, 0.05) is 0 Å². The van der Waals surface area contributed by atoms with Gasteiger partial charge < -0.3 is 10.8 Å². The molecule has 1 atom stereocenters. The zero-order chi connectivity index (χ0) is 12.3. The van der Waals surface area contributed by atoms with Gasteiger partial charge in [-0.15, -0.1) is 0 Å². The Morgan fingerprint density at radius 2 is 1.94 bits per heavy atom. The second kappa shape index (κ2) is 5.07. The third kappa shape index (κ3) is 2.89. The fraction of sp³-hybridized carbons (Fsp3) is 0.333. The van der Waals surface area contributed by atoms with Gasteiger partial charge in [-0.2, -0.15) is 5.10 Å². The highest BCUT2D eigenvalue weighted by molar-refractivity contribution is 5.22. The standard InChI is InChI=1S/C12H16N4O/c1-9(13)12-14-8-16(15-12)6-10-2-4-11(7-17)5-3-10/h2-5,8-9,17H,6-7,13H2,1H3. The molecule has 1 aromatic carbocycles. The third-order valence-electron chi connectivity index (χ3n) is 2.51. The van der Waals surface area contributed by atoms with Crippen molar-refractivity contribution in [1.29, 1.82) is 0 Å². The largest absolute Gasteiger partial charge is 0.392 e. The summed E-state index contributed by atoms with van der Waals surface area (Å²) in [5, 5.41) is 13.2. The van der Waals surface area contributed by atoms with Crippen molar-refractivity contribution in [2.45, 2.75) is 26.1 Å². The highest BCUT2D eigenvalue weighted by atomic mass is 16.3. The van der Waals surface area contributed by atoms with Crippen LogP contribution in [0.2, 0.25) is 0 Å². The van der Waals surface area contributed by atoms with E-state index in [9.17, 15) is 0 Å². The summed E-state index contributed by atoms with van der Waals surface area (Å²) >= 11 is 0. The van der Waals surface area contributed by atoms with Crippen LogP contribution < -0.4 is 5.73 Å². The molecule has 0 saturated heterocycles. The number of nitrogens with two attached hydrogens (primary N) is 1. The van der Waals surface area contributed by atoms with Crippen LogP contribution in [0.15, 0.2) is 30.6 Å². The Hall–Kier alpha value is -1.72. The highest BCUT2D eigenvalue weighted by Crippen LogP contribution is 2.07. The number of nitrogens with zero attached hydrogens (tertiary/aromatic N) is 3. The molecule has 0 fully saturated rings. The molecule has 90 valence electrons. The number of aliphatic hydroxyl groups is 1. The second-order valence-electron chi connectivity index (χ2n) is 4.06. The molecule has 1 unspecified atom stereocenters. The van der Waals surface area contributed by atoms with Crippen molar-refractivity contribution in [2.24, 2.45) is 5.73 Å². The van der Waals surface area contributed by atoms with Gasteiger partial charge in [0.05, 0.1) is 19.2 Å². The number of benzene rings is 1. The van der Waals surface area contributed by atoms with Crippen molar-refractivity contribution in [3.8, 4) is 0 Å². The van der Waals surface area contributed by atoms with Crippen molar-refractivity contribution in [3.63, 3.8) is 0 Å². The zero-order valence-electron chi connectivity index (χ0n) is 9.74. The molecule has 2 aromatic rings. The lowest BCUT2D eigenvalue weighted by atomic mass is 10.1. The molecule has 5 nitrogen and oxygen atoms in total. The molecule has 0 bridgehead atoms. The summed E-state index contributed by atoms with van der Waals surface area (Å²) in [5.74, 6) is 0.650. The average molecular weight is 232 g/mol. The summed E-state index contributed by atoms with van der Waals surface area (Å²) in [7, 11) is 0. The van der Waals surface area contributed by atoms with E-state index < -0.39 is 0 Å². The summed E-state index contributed by atoms with van der Waals surface area (Å²) < 4.78 is 1.76. The number of hydrogen-bond acceptors (Lipinski definition) is 4. The quantitative estimate of drug-likeness (QED) is 0.819. The molecule has 1 heterocycles. The van der Waals surface area contributed by atoms with Crippen LogP contribution in [0.4, 0.5) is 0 Å². The van der Waals surface area contributed by atoms with E-state index in [-0.39, 0.29) is 12.6 Å². The van der Waals surface area contributed by atoms with Crippen LogP contribution in [0.5, 0.6) is 0 Å². The van der Waals surface area contributed by atoms with Crippen LogP contribution in [-0.2, 0) is 13.2 Å². The van der Waals surface area contributed by atoms with Gasteiger partial charge in [-0.1, -0.05) is 24.3 Å². The van der Waals surface area contributed by atoms with Crippen LogP contribution in [0.1, 0.15) is 29.9 Å². The Balaban J connectivity index is 2.08. The highest BCUT2D eigenvalue weighted by Gasteiger charge is 2.05. The van der Waals surface area contributed by atoms with Crippen LogP contribution in [0.3, 0.4) is 0 Å². The molecular formula is C12H16N4O. The lowest BCUT2D eigenvalue weighted by Gasteiger charge is -2.02. The predicted octanol–water partition coefficient (Wildman–Crippen LogP) is 0.838. The molecule has 0 radical (unpaired) electrons. The first-order chi connectivity index (χ1) is 8.19. The van der Waals surface area contributed by atoms with E-state index in [1.165, 1.54) is 0 Å². The van der Waals surface area contributed by atoms with E-state index in [4.69, 9.17) is 10.8 Å². The van der Waals surface area contributed by atoms with Gasteiger partial charge in [0.15, 0.2) is 5.82 Å². The molecule has 2 rings (SSSR count). The smallest absolute Gasteiger partial charge is 0.166 e. The van der Waals surface area contributed by atoms with E-state index in [1.807, 2.05) is 31.2 Å². The maximum Gasteiger partial charge on any atom is 0.166 e. The van der Waals surface area contributed by atoms with Crippen molar-refractivity contribution in [3.05, 3.63) is 47.5 Å². The van der Waals surface area contributed by atoms with Gasteiger partial charge in [-0.05, 0) is 18.1 Å². The average Bonchev–Trinajstić information content (AvgIpc) is 2.79. The molecule has 5 heteroatoms. The van der Waals surface area contributed by atoms with Crippen LogP contribution in [0, 0.1) is 0 Å². The summed E-state index contributed by atoms with van der Waals surface area (Å²) in [6.07, 6.45) is 1.68. The van der Waals surface area contributed by atoms with Gasteiger partial charge in [0.25, 0.3) is 0 Å². The van der Waals surface area contributed by atoms with Crippen molar-refractivity contribution < 1.29 is 5.11 Å². The molecule has 17 heavy (non-hydrogen) atoms. The van der Waals surface area contributed by atoms with Gasteiger partial charge in [-0.3, -0.25) is 0 Å². The second-order valence-corrected chi connectivity index (χ2v) is 4.06. The summed E-state index contributed by atoms with van der Waals surface area (Å²) in [6, 6.07) is 7.60. The van der Waals surface area contributed by atoms with Crippen molar-refractivity contribution in [1.82, 2.24) is 14.8 Å². The molecule has 0 aliphatic rings. The fourth-order valence-corrected chi connectivity index (χ4v) is 1.53. The summed E-state index contributed by atoms with van der Waals surface area (Å²) in [6.45, 7) is 2.58. The van der Waals surface area contributed by atoms with Crippen LogP contribution >= 0.6 is 0 Å². The lowest BCUT2D eigenvalue weighted by Crippen LogP contribution is -2.08. The molecule has 0 amide bonds. The van der Waals surface area contributed by atoms with Crippen molar-refractivity contribution in [2.75, 3.05) is 0 Å². The maximum absolute atomic E-state index is 8.94. The minimum absolute atomic E-state index is 0.0679. The number of hydrogen-bond donors (Lipinski definition) is 2. The topological polar surface area (TPSA) is 77.0 Å². The number of aromatic nitrogens is 3. The molecule has 1 aromatic heterocycles. The molecule has 3 N–H and O–H groups in total. The zero-order valence-corrected chi connectivity index (χ0v) is 9.74. The Morgan fingerprint density at radius 3 is 2.47 bits per heavy atom. The molecule has 0 spiro atoms. The van der Waals surface area contributed by atoms with Crippen LogP contribution in [0.25, 0.3) is 0 Å². The van der Waals surface area contributed by atoms with E-state index in [0.717, 1.165) is 11.1 Å².